The molecule has 0 amide bonds. The zero-order chi connectivity index (χ0) is 15.6. The second-order valence-electron chi connectivity index (χ2n) is 5.06. The zero-order valence-electron chi connectivity index (χ0n) is 13.7. The number of guanidine groups is 1. The molecule has 0 aliphatic carbocycles. The number of hydrogen-bond acceptors (Lipinski definition) is 4. The summed E-state index contributed by atoms with van der Waals surface area (Å²) in [4.78, 5) is 11.1. The van der Waals surface area contributed by atoms with E-state index in [0.717, 1.165) is 55.6 Å². The Morgan fingerprint density at radius 3 is 2.96 bits per heavy atom. The lowest BCUT2D eigenvalue weighted by Crippen LogP contribution is -2.41. The topological polar surface area (TPSA) is 53.7 Å². The van der Waals surface area contributed by atoms with Gasteiger partial charge in [-0.25, -0.2) is 4.98 Å². The van der Waals surface area contributed by atoms with Crippen LogP contribution in [0.4, 0.5) is 0 Å². The Morgan fingerprint density at radius 2 is 2.30 bits per heavy atom. The van der Waals surface area contributed by atoms with Crippen molar-refractivity contribution in [1.82, 2.24) is 15.2 Å². The Labute approximate surface area is 159 Å². The van der Waals surface area contributed by atoms with Gasteiger partial charge < -0.3 is 14.6 Å². The molecule has 7 heteroatoms. The van der Waals surface area contributed by atoms with E-state index in [2.05, 4.69) is 34.2 Å². The molecule has 2 heterocycles. The molecule has 0 radical (unpaired) electrons. The average Bonchev–Trinajstić information content (AvgIpc) is 3.21. The summed E-state index contributed by atoms with van der Waals surface area (Å²) in [7, 11) is 2.07. The van der Waals surface area contributed by atoms with E-state index in [4.69, 9.17) is 4.42 Å². The van der Waals surface area contributed by atoms with E-state index in [9.17, 15) is 0 Å². The van der Waals surface area contributed by atoms with Crippen LogP contribution >= 0.6 is 35.3 Å². The first kappa shape index (κ1) is 20.0. The third-order valence-electron chi connectivity index (χ3n) is 3.23. The Kier molecular flexibility index (Phi) is 9.93. The van der Waals surface area contributed by atoms with Crippen molar-refractivity contribution in [3.05, 3.63) is 40.7 Å². The molecule has 0 bridgehead atoms. The summed E-state index contributed by atoms with van der Waals surface area (Å²) >= 11 is 1.70. The van der Waals surface area contributed by atoms with Crippen LogP contribution in [0.2, 0.25) is 0 Å². The van der Waals surface area contributed by atoms with E-state index in [1.54, 1.807) is 17.6 Å². The number of nitrogens with zero attached hydrogens (tertiary/aromatic N) is 3. The van der Waals surface area contributed by atoms with Crippen LogP contribution in [0.5, 0.6) is 0 Å². The van der Waals surface area contributed by atoms with E-state index in [0.29, 0.717) is 0 Å². The van der Waals surface area contributed by atoms with E-state index >= 15 is 0 Å². The lowest BCUT2D eigenvalue weighted by molar-refractivity contribution is 0.474. The maximum absolute atomic E-state index is 5.35. The first-order valence-electron chi connectivity index (χ1n) is 7.69. The fourth-order valence-electron chi connectivity index (χ4n) is 2.03. The van der Waals surface area contributed by atoms with Crippen LogP contribution in [0.1, 0.15) is 24.1 Å². The standard InChI is InChI=1S/C16H24N4OS.HI/c1-3-8-18-16(19-9-6-14-5-4-12-21-14)20(2)11-7-15-17-10-13-22-15;/h4-5,10,12-13H,3,6-9,11H2,1-2H3,(H,18,19);1H. The van der Waals surface area contributed by atoms with Crippen LogP contribution in [0, 0.1) is 0 Å². The molecule has 2 aromatic rings. The summed E-state index contributed by atoms with van der Waals surface area (Å²) < 4.78 is 5.35. The van der Waals surface area contributed by atoms with Crippen LogP contribution in [0.25, 0.3) is 0 Å². The van der Waals surface area contributed by atoms with Crippen molar-refractivity contribution in [3.63, 3.8) is 0 Å². The Morgan fingerprint density at radius 1 is 1.43 bits per heavy atom. The first-order chi connectivity index (χ1) is 10.8. The second-order valence-corrected chi connectivity index (χ2v) is 6.04. The molecule has 0 aromatic carbocycles. The van der Waals surface area contributed by atoms with Crippen LogP contribution in [0.3, 0.4) is 0 Å². The molecule has 2 rings (SSSR count). The van der Waals surface area contributed by atoms with Gasteiger partial charge in [-0.2, -0.15) is 0 Å². The van der Waals surface area contributed by atoms with Crippen LogP contribution < -0.4 is 5.32 Å². The van der Waals surface area contributed by atoms with Crippen molar-refractivity contribution >= 4 is 41.3 Å². The van der Waals surface area contributed by atoms with E-state index in [1.807, 2.05) is 23.7 Å². The highest BCUT2D eigenvalue weighted by Crippen LogP contribution is 2.05. The molecule has 1 N–H and O–H groups in total. The molecule has 0 atom stereocenters. The average molecular weight is 448 g/mol. The number of rotatable bonds is 8. The van der Waals surface area contributed by atoms with Gasteiger partial charge in [0.2, 0.25) is 0 Å². The molecule has 5 nitrogen and oxygen atoms in total. The van der Waals surface area contributed by atoms with Crippen LogP contribution in [-0.2, 0) is 12.8 Å². The maximum Gasteiger partial charge on any atom is 0.193 e. The number of thiazole rings is 1. The van der Waals surface area contributed by atoms with Gasteiger partial charge in [-0.1, -0.05) is 6.92 Å². The smallest absolute Gasteiger partial charge is 0.193 e. The molecule has 128 valence electrons. The van der Waals surface area contributed by atoms with Gasteiger partial charge in [-0.3, -0.25) is 4.99 Å². The summed E-state index contributed by atoms with van der Waals surface area (Å²) in [5.41, 5.74) is 0. The van der Waals surface area contributed by atoms with Crippen molar-refractivity contribution < 1.29 is 4.42 Å². The highest BCUT2D eigenvalue weighted by atomic mass is 127. The minimum atomic E-state index is 0. The molecular weight excluding hydrogens is 423 g/mol. The molecule has 0 unspecified atom stereocenters. The predicted molar refractivity (Wildman–Crippen MR) is 107 cm³/mol. The van der Waals surface area contributed by atoms with Crippen molar-refractivity contribution in [3.8, 4) is 0 Å². The van der Waals surface area contributed by atoms with Gasteiger partial charge in [0.1, 0.15) is 5.76 Å². The molecule has 0 aliphatic heterocycles. The lowest BCUT2D eigenvalue weighted by Gasteiger charge is -2.22. The van der Waals surface area contributed by atoms with Crippen molar-refractivity contribution in [2.24, 2.45) is 4.99 Å². The third-order valence-corrected chi connectivity index (χ3v) is 4.07. The summed E-state index contributed by atoms with van der Waals surface area (Å²) in [5.74, 6) is 1.94. The molecule has 0 saturated heterocycles. The fourth-order valence-corrected chi connectivity index (χ4v) is 2.64. The van der Waals surface area contributed by atoms with Crippen molar-refractivity contribution in [2.75, 3.05) is 26.7 Å². The number of nitrogens with one attached hydrogen (secondary N) is 1. The second kappa shape index (κ2) is 11.4. The molecule has 0 fully saturated rings. The van der Waals surface area contributed by atoms with Crippen LogP contribution in [-0.4, -0.2) is 42.5 Å². The number of furan rings is 1. The molecule has 23 heavy (non-hydrogen) atoms. The third kappa shape index (κ3) is 7.34. The summed E-state index contributed by atoms with van der Waals surface area (Å²) in [6.07, 6.45) is 6.41. The Balaban J connectivity index is 0.00000264. The molecule has 0 spiro atoms. The Hall–Kier alpha value is -1.09. The summed E-state index contributed by atoms with van der Waals surface area (Å²) in [6, 6.07) is 3.91. The monoisotopic (exact) mass is 448 g/mol. The van der Waals surface area contributed by atoms with Gasteiger partial charge in [0.15, 0.2) is 5.96 Å². The number of halogens is 1. The highest BCUT2D eigenvalue weighted by molar-refractivity contribution is 14.0. The van der Waals surface area contributed by atoms with Gasteiger partial charge in [-0.15, -0.1) is 35.3 Å². The molecule has 0 saturated carbocycles. The molecular formula is C16H25IN4OS. The SMILES string of the molecule is CCCN=C(NCCc1ccco1)N(C)CCc1nccs1.I. The number of aliphatic imine (C=N–C) groups is 1. The van der Waals surface area contributed by atoms with Crippen molar-refractivity contribution in [2.45, 2.75) is 26.2 Å². The first-order valence-corrected chi connectivity index (χ1v) is 8.57. The normalized spacial score (nSPS) is 11.1. The predicted octanol–water partition coefficient (Wildman–Crippen LogP) is 3.43. The van der Waals surface area contributed by atoms with Gasteiger partial charge in [0, 0.05) is 51.1 Å². The largest absolute Gasteiger partial charge is 0.469 e. The van der Waals surface area contributed by atoms with Gasteiger partial charge in [0.25, 0.3) is 0 Å². The number of hydrogen-bond donors (Lipinski definition) is 1. The number of likely N-dealkylation sites (N-methyl/N-ethyl adjacent to an activating group) is 1. The summed E-state index contributed by atoms with van der Waals surface area (Å²) in [6.45, 7) is 4.70. The number of aromatic nitrogens is 1. The van der Waals surface area contributed by atoms with E-state index < -0.39 is 0 Å². The molecule has 0 aliphatic rings. The van der Waals surface area contributed by atoms with E-state index in [-0.39, 0.29) is 24.0 Å². The van der Waals surface area contributed by atoms with Crippen molar-refractivity contribution in [1.29, 1.82) is 0 Å². The maximum atomic E-state index is 5.35. The lowest BCUT2D eigenvalue weighted by atomic mass is 10.3. The van der Waals surface area contributed by atoms with Gasteiger partial charge >= 0.3 is 0 Å². The Bertz CT molecular complexity index is 542. The minimum absolute atomic E-state index is 0. The van der Waals surface area contributed by atoms with Crippen LogP contribution in [0.15, 0.2) is 39.4 Å². The van der Waals surface area contributed by atoms with Gasteiger partial charge in [-0.05, 0) is 18.6 Å². The van der Waals surface area contributed by atoms with Gasteiger partial charge in [0.05, 0.1) is 11.3 Å². The minimum Gasteiger partial charge on any atom is -0.469 e. The summed E-state index contributed by atoms with van der Waals surface area (Å²) in [5, 5.41) is 6.60. The fraction of sp³-hybridized carbons (Fsp3) is 0.500. The highest BCUT2D eigenvalue weighted by Gasteiger charge is 2.07. The zero-order valence-corrected chi connectivity index (χ0v) is 16.8. The molecule has 2 aromatic heterocycles. The quantitative estimate of drug-likeness (QED) is 0.382. The van der Waals surface area contributed by atoms with E-state index in [1.165, 1.54) is 0 Å².